The summed E-state index contributed by atoms with van der Waals surface area (Å²) >= 11 is 3.45. The molecule has 0 saturated heterocycles. The number of hydrogen-bond acceptors (Lipinski definition) is 2. The van der Waals surface area contributed by atoms with Gasteiger partial charge in [0.1, 0.15) is 0 Å². The molecule has 0 amide bonds. The van der Waals surface area contributed by atoms with E-state index in [1.54, 1.807) is 0 Å². The molecule has 0 aromatic carbocycles. The highest BCUT2D eigenvalue weighted by Gasteiger charge is 2.04. The molecule has 1 aromatic rings. The lowest BCUT2D eigenvalue weighted by Crippen LogP contribution is -2.26. The predicted molar refractivity (Wildman–Crippen MR) is 72.5 cm³/mol. The van der Waals surface area contributed by atoms with Crippen molar-refractivity contribution in [2.45, 2.75) is 27.2 Å². The zero-order chi connectivity index (χ0) is 12.0. The Morgan fingerprint density at radius 2 is 2.00 bits per heavy atom. The molecule has 2 nitrogen and oxygen atoms in total. The maximum atomic E-state index is 4.18. The van der Waals surface area contributed by atoms with Crippen LogP contribution in [0, 0.1) is 11.8 Å². The van der Waals surface area contributed by atoms with Crippen LogP contribution >= 0.6 is 15.9 Å². The maximum absolute atomic E-state index is 4.18. The molecule has 90 valence electrons. The van der Waals surface area contributed by atoms with Crippen LogP contribution in [-0.2, 0) is 6.42 Å². The molecular weight excluding hydrogens is 264 g/mol. The van der Waals surface area contributed by atoms with Crippen LogP contribution in [0.25, 0.3) is 0 Å². The summed E-state index contributed by atoms with van der Waals surface area (Å²) in [5, 5.41) is 3.49. The van der Waals surface area contributed by atoms with E-state index in [1.807, 2.05) is 12.4 Å². The Morgan fingerprint density at radius 3 is 2.62 bits per heavy atom. The number of rotatable bonds is 6. The molecule has 0 radical (unpaired) electrons. The second-order valence-electron chi connectivity index (χ2n) is 4.87. The smallest absolute Gasteiger partial charge is 0.0410 e. The lowest BCUT2D eigenvalue weighted by atomic mass is 10.0. The molecule has 1 N–H and O–H groups in total. The van der Waals surface area contributed by atoms with Crippen molar-refractivity contribution in [3.63, 3.8) is 0 Å². The summed E-state index contributed by atoms with van der Waals surface area (Å²) in [6.45, 7) is 8.91. The third-order valence-electron chi connectivity index (χ3n) is 2.39. The lowest BCUT2D eigenvalue weighted by molar-refractivity contribution is 0.473. The van der Waals surface area contributed by atoms with Gasteiger partial charge in [-0.2, -0.15) is 0 Å². The minimum absolute atomic E-state index is 0.648. The Bertz CT molecular complexity index is 313. The number of hydrogen-bond donors (Lipinski definition) is 1. The van der Waals surface area contributed by atoms with Gasteiger partial charge in [0.05, 0.1) is 0 Å². The molecule has 1 aromatic heterocycles. The van der Waals surface area contributed by atoms with Gasteiger partial charge < -0.3 is 5.32 Å². The fourth-order valence-electron chi connectivity index (χ4n) is 1.66. The summed E-state index contributed by atoms with van der Waals surface area (Å²) in [7, 11) is 0. The van der Waals surface area contributed by atoms with Crippen LogP contribution in [0.5, 0.6) is 0 Å². The second kappa shape index (κ2) is 7.02. The van der Waals surface area contributed by atoms with Crippen molar-refractivity contribution in [1.82, 2.24) is 10.3 Å². The first kappa shape index (κ1) is 13.7. The summed E-state index contributed by atoms with van der Waals surface area (Å²) in [6.07, 6.45) is 4.85. The quantitative estimate of drug-likeness (QED) is 0.867. The summed E-state index contributed by atoms with van der Waals surface area (Å²) in [6, 6.07) is 2.14. The number of aromatic nitrogens is 1. The molecule has 0 aliphatic rings. The zero-order valence-electron chi connectivity index (χ0n) is 10.3. The van der Waals surface area contributed by atoms with E-state index in [2.05, 4.69) is 53.1 Å². The fourth-order valence-corrected chi connectivity index (χ4v) is 2.07. The minimum Gasteiger partial charge on any atom is -0.316 e. The van der Waals surface area contributed by atoms with E-state index in [-0.39, 0.29) is 0 Å². The number of pyridine rings is 1. The molecule has 1 unspecified atom stereocenters. The highest BCUT2D eigenvalue weighted by Crippen LogP contribution is 2.13. The predicted octanol–water partition coefficient (Wildman–Crippen LogP) is 3.27. The van der Waals surface area contributed by atoms with Crippen molar-refractivity contribution in [2.24, 2.45) is 11.8 Å². The van der Waals surface area contributed by atoms with Gasteiger partial charge in [-0.05, 0) is 58.9 Å². The van der Waals surface area contributed by atoms with Crippen molar-refractivity contribution < 1.29 is 0 Å². The molecule has 1 rings (SSSR count). The van der Waals surface area contributed by atoms with E-state index in [0.29, 0.717) is 5.92 Å². The van der Waals surface area contributed by atoms with Gasteiger partial charge in [-0.15, -0.1) is 0 Å². The van der Waals surface area contributed by atoms with E-state index in [9.17, 15) is 0 Å². The van der Waals surface area contributed by atoms with Gasteiger partial charge in [0.25, 0.3) is 0 Å². The molecular formula is C13H21BrN2. The Balaban J connectivity index is 2.31. The maximum Gasteiger partial charge on any atom is 0.0410 e. The van der Waals surface area contributed by atoms with Gasteiger partial charge in [-0.1, -0.05) is 20.8 Å². The molecule has 0 saturated carbocycles. The monoisotopic (exact) mass is 284 g/mol. The number of halogens is 1. The molecule has 0 aliphatic carbocycles. The number of nitrogens with one attached hydrogen (secondary N) is 1. The molecule has 0 aliphatic heterocycles. The molecule has 16 heavy (non-hydrogen) atoms. The third kappa shape index (κ3) is 5.61. The van der Waals surface area contributed by atoms with E-state index in [0.717, 1.165) is 29.9 Å². The van der Waals surface area contributed by atoms with E-state index in [4.69, 9.17) is 0 Å². The SMILES string of the molecule is CC(C)CNCC(C)Cc1cncc(Br)c1. The average molecular weight is 285 g/mol. The normalized spacial score (nSPS) is 13.1. The van der Waals surface area contributed by atoms with Crippen LogP contribution in [0.4, 0.5) is 0 Å². The fraction of sp³-hybridized carbons (Fsp3) is 0.615. The summed E-state index contributed by atoms with van der Waals surface area (Å²) in [5.74, 6) is 1.37. The van der Waals surface area contributed by atoms with Crippen LogP contribution < -0.4 is 5.32 Å². The molecule has 0 bridgehead atoms. The van der Waals surface area contributed by atoms with Gasteiger partial charge in [-0.3, -0.25) is 4.98 Å². The Hall–Kier alpha value is -0.410. The van der Waals surface area contributed by atoms with Crippen LogP contribution in [0.15, 0.2) is 22.9 Å². The van der Waals surface area contributed by atoms with Gasteiger partial charge in [0, 0.05) is 16.9 Å². The van der Waals surface area contributed by atoms with E-state index < -0.39 is 0 Å². The molecule has 0 fully saturated rings. The summed E-state index contributed by atoms with van der Waals surface area (Å²) in [5.41, 5.74) is 1.30. The largest absolute Gasteiger partial charge is 0.316 e. The zero-order valence-corrected chi connectivity index (χ0v) is 11.9. The summed E-state index contributed by atoms with van der Waals surface area (Å²) in [4.78, 5) is 4.18. The molecule has 1 atom stereocenters. The Morgan fingerprint density at radius 1 is 1.25 bits per heavy atom. The van der Waals surface area contributed by atoms with E-state index in [1.165, 1.54) is 5.56 Å². The minimum atomic E-state index is 0.648. The van der Waals surface area contributed by atoms with Crippen molar-refractivity contribution >= 4 is 15.9 Å². The molecule has 1 heterocycles. The van der Waals surface area contributed by atoms with Crippen molar-refractivity contribution in [3.8, 4) is 0 Å². The second-order valence-corrected chi connectivity index (χ2v) is 5.79. The molecule has 3 heteroatoms. The van der Waals surface area contributed by atoms with Crippen LogP contribution in [0.1, 0.15) is 26.3 Å². The lowest BCUT2D eigenvalue weighted by Gasteiger charge is -2.13. The van der Waals surface area contributed by atoms with E-state index >= 15 is 0 Å². The van der Waals surface area contributed by atoms with Crippen LogP contribution in [0.3, 0.4) is 0 Å². The first-order valence-electron chi connectivity index (χ1n) is 5.88. The summed E-state index contributed by atoms with van der Waals surface area (Å²) < 4.78 is 1.06. The highest BCUT2D eigenvalue weighted by molar-refractivity contribution is 9.10. The topological polar surface area (TPSA) is 24.9 Å². The van der Waals surface area contributed by atoms with Gasteiger partial charge in [-0.25, -0.2) is 0 Å². The van der Waals surface area contributed by atoms with Crippen molar-refractivity contribution in [1.29, 1.82) is 0 Å². The Kier molecular flexibility index (Phi) is 5.99. The number of nitrogens with zero attached hydrogens (tertiary/aromatic N) is 1. The van der Waals surface area contributed by atoms with Crippen LogP contribution in [-0.4, -0.2) is 18.1 Å². The first-order chi connectivity index (χ1) is 7.58. The van der Waals surface area contributed by atoms with Gasteiger partial charge in [0.2, 0.25) is 0 Å². The Labute approximate surface area is 107 Å². The highest BCUT2D eigenvalue weighted by atomic mass is 79.9. The van der Waals surface area contributed by atoms with Crippen LogP contribution in [0.2, 0.25) is 0 Å². The van der Waals surface area contributed by atoms with Crippen molar-refractivity contribution in [3.05, 3.63) is 28.5 Å². The third-order valence-corrected chi connectivity index (χ3v) is 2.82. The average Bonchev–Trinajstić information content (AvgIpc) is 2.16. The standard InChI is InChI=1S/C13H21BrN2/c1-10(2)6-15-7-11(3)4-12-5-13(14)9-16-8-12/h5,8-11,15H,4,6-7H2,1-3H3. The van der Waals surface area contributed by atoms with Crippen molar-refractivity contribution in [2.75, 3.05) is 13.1 Å². The van der Waals surface area contributed by atoms with Gasteiger partial charge >= 0.3 is 0 Å². The molecule has 0 spiro atoms. The first-order valence-corrected chi connectivity index (χ1v) is 6.67. The van der Waals surface area contributed by atoms with Gasteiger partial charge in [0.15, 0.2) is 0 Å².